The zero-order valence-electron chi connectivity index (χ0n) is 16.7. The van der Waals surface area contributed by atoms with E-state index in [2.05, 4.69) is 22.1 Å². The van der Waals surface area contributed by atoms with Crippen molar-refractivity contribution in [3.63, 3.8) is 0 Å². The molecule has 2 rings (SSSR count). The third-order valence-corrected chi connectivity index (χ3v) is 4.04. The Morgan fingerprint density at radius 3 is 2.70 bits per heavy atom. The minimum Gasteiger partial charge on any atom is -0.491 e. The number of aryl methyl sites for hydroxylation is 1. The predicted octanol–water partition coefficient (Wildman–Crippen LogP) is 3.77. The molecule has 27 heavy (non-hydrogen) atoms. The van der Waals surface area contributed by atoms with Gasteiger partial charge in [0.05, 0.1) is 12.3 Å². The van der Waals surface area contributed by atoms with E-state index in [1.807, 2.05) is 51.4 Å². The fourth-order valence-electron chi connectivity index (χ4n) is 2.54. The Morgan fingerprint density at radius 1 is 1.22 bits per heavy atom. The van der Waals surface area contributed by atoms with Crippen LogP contribution in [0.5, 0.6) is 5.75 Å². The topological polar surface area (TPSA) is 57.7 Å². The number of benzene rings is 1. The van der Waals surface area contributed by atoms with Gasteiger partial charge in [0.15, 0.2) is 0 Å². The van der Waals surface area contributed by atoms with E-state index in [9.17, 15) is 4.79 Å². The first-order valence-corrected chi connectivity index (χ1v) is 9.32. The van der Waals surface area contributed by atoms with Crippen molar-refractivity contribution < 1.29 is 9.53 Å². The van der Waals surface area contributed by atoms with Gasteiger partial charge in [-0.05, 0) is 56.8 Å². The van der Waals surface area contributed by atoms with Crippen LogP contribution in [-0.4, -0.2) is 54.6 Å². The van der Waals surface area contributed by atoms with E-state index < -0.39 is 0 Å². The van der Waals surface area contributed by atoms with Crippen molar-refractivity contribution in [3.8, 4) is 5.75 Å². The summed E-state index contributed by atoms with van der Waals surface area (Å²) < 4.78 is 5.81. The van der Waals surface area contributed by atoms with E-state index >= 15 is 0 Å². The fraction of sp³-hybridized carbons (Fsp3) is 0.429. The van der Waals surface area contributed by atoms with Gasteiger partial charge >= 0.3 is 6.03 Å². The molecule has 0 fully saturated rings. The summed E-state index contributed by atoms with van der Waals surface area (Å²) in [5, 5.41) is 3.01. The number of ether oxygens (including phenoxy) is 1. The third kappa shape index (κ3) is 6.90. The molecule has 6 heteroatoms. The lowest BCUT2D eigenvalue weighted by Crippen LogP contribution is -2.39. The monoisotopic (exact) mass is 370 g/mol. The number of carbonyl (C=O) groups excluding carboxylic acids is 1. The summed E-state index contributed by atoms with van der Waals surface area (Å²) in [6.07, 6.45) is 4.44. The first-order valence-electron chi connectivity index (χ1n) is 9.32. The summed E-state index contributed by atoms with van der Waals surface area (Å²) in [6, 6.07) is 9.53. The maximum atomic E-state index is 13.0. The average Bonchev–Trinajstić information content (AvgIpc) is 2.65. The normalized spacial score (nSPS) is 10.7. The zero-order valence-corrected chi connectivity index (χ0v) is 16.7. The molecule has 0 saturated heterocycles. The van der Waals surface area contributed by atoms with Crippen molar-refractivity contribution >= 4 is 11.7 Å². The van der Waals surface area contributed by atoms with Crippen molar-refractivity contribution in [2.45, 2.75) is 26.8 Å². The maximum absolute atomic E-state index is 13.0. The summed E-state index contributed by atoms with van der Waals surface area (Å²) in [7, 11) is 3.99. The van der Waals surface area contributed by atoms with Gasteiger partial charge in [0.2, 0.25) is 0 Å². The van der Waals surface area contributed by atoms with Gasteiger partial charge in [0, 0.05) is 32.0 Å². The molecule has 0 atom stereocenters. The summed E-state index contributed by atoms with van der Waals surface area (Å²) in [5.74, 6) is 0.708. The Bertz CT molecular complexity index is 719. The SMILES string of the molecule is CCCOc1cc(C)ccc1NC(=O)N(CCN(C)C)Cc1cccnc1. The third-order valence-electron chi connectivity index (χ3n) is 4.04. The van der Waals surface area contributed by atoms with E-state index in [-0.39, 0.29) is 6.03 Å². The molecular formula is C21H30N4O2. The summed E-state index contributed by atoms with van der Waals surface area (Å²) in [6.45, 7) is 6.59. The second kappa shape index (κ2) is 10.5. The van der Waals surface area contributed by atoms with E-state index in [0.717, 1.165) is 24.1 Å². The predicted molar refractivity (Wildman–Crippen MR) is 109 cm³/mol. The Kier molecular flexibility index (Phi) is 8.07. The standard InChI is InChI=1S/C21H30N4O2/c1-5-13-27-20-14-17(2)8-9-19(20)23-21(26)25(12-11-24(3)4)16-18-7-6-10-22-15-18/h6-10,14-15H,5,11-13,16H2,1-4H3,(H,23,26). The molecule has 2 aromatic rings. The highest BCUT2D eigenvalue weighted by Gasteiger charge is 2.16. The quantitative estimate of drug-likeness (QED) is 0.730. The number of nitrogens with one attached hydrogen (secondary N) is 1. The van der Waals surface area contributed by atoms with Crippen molar-refractivity contribution in [1.82, 2.24) is 14.8 Å². The lowest BCUT2D eigenvalue weighted by molar-refractivity contribution is 0.202. The van der Waals surface area contributed by atoms with E-state index in [0.29, 0.717) is 31.1 Å². The summed E-state index contributed by atoms with van der Waals surface area (Å²) in [5.41, 5.74) is 2.79. The van der Waals surface area contributed by atoms with E-state index in [1.165, 1.54) is 0 Å². The molecule has 1 N–H and O–H groups in total. The molecule has 0 aliphatic carbocycles. The van der Waals surface area contributed by atoms with Crippen molar-refractivity contribution in [2.75, 3.05) is 39.1 Å². The van der Waals surface area contributed by atoms with Crippen LogP contribution < -0.4 is 10.1 Å². The van der Waals surface area contributed by atoms with Crippen LogP contribution in [0.1, 0.15) is 24.5 Å². The number of rotatable bonds is 9. The number of anilines is 1. The highest BCUT2D eigenvalue weighted by atomic mass is 16.5. The first kappa shape index (κ1) is 20.7. The first-order chi connectivity index (χ1) is 13.0. The van der Waals surface area contributed by atoms with Crippen LogP contribution >= 0.6 is 0 Å². The molecule has 0 aliphatic heterocycles. The lowest BCUT2D eigenvalue weighted by atomic mass is 10.2. The van der Waals surface area contributed by atoms with E-state index in [4.69, 9.17) is 4.74 Å². The highest BCUT2D eigenvalue weighted by Crippen LogP contribution is 2.26. The van der Waals surface area contributed by atoms with Gasteiger partial charge in [-0.2, -0.15) is 0 Å². The largest absolute Gasteiger partial charge is 0.491 e. The number of urea groups is 1. The molecule has 1 heterocycles. The van der Waals surface area contributed by atoms with Crippen LogP contribution in [0, 0.1) is 6.92 Å². The van der Waals surface area contributed by atoms with Gasteiger partial charge in [0.1, 0.15) is 5.75 Å². The lowest BCUT2D eigenvalue weighted by Gasteiger charge is -2.25. The van der Waals surface area contributed by atoms with Gasteiger partial charge < -0.3 is 19.9 Å². The molecule has 0 bridgehead atoms. The number of pyridine rings is 1. The van der Waals surface area contributed by atoms with Gasteiger partial charge in [-0.3, -0.25) is 4.98 Å². The number of hydrogen-bond donors (Lipinski definition) is 1. The van der Waals surface area contributed by atoms with Crippen molar-refractivity contribution in [1.29, 1.82) is 0 Å². The number of likely N-dealkylation sites (N-methyl/N-ethyl adjacent to an activating group) is 1. The van der Waals surface area contributed by atoms with Crippen molar-refractivity contribution in [3.05, 3.63) is 53.9 Å². The van der Waals surface area contributed by atoms with Gasteiger partial charge in [0.25, 0.3) is 0 Å². The molecule has 146 valence electrons. The molecule has 6 nitrogen and oxygen atoms in total. The number of carbonyl (C=O) groups is 1. The van der Waals surface area contributed by atoms with Crippen LogP contribution in [0.15, 0.2) is 42.7 Å². The number of hydrogen-bond acceptors (Lipinski definition) is 4. The molecule has 0 saturated carbocycles. The average molecular weight is 370 g/mol. The summed E-state index contributed by atoms with van der Waals surface area (Å²) >= 11 is 0. The van der Waals surface area contributed by atoms with Crippen molar-refractivity contribution in [2.24, 2.45) is 0 Å². The van der Waals surface area contributed by atoms with Crippen LogP contribution in [-0.2, 0) is 6.54 Å². The van der Waals surface area contributed by atoms with Gasteiger partial charge in [-0.15, -0.1) is 0 Å². The Hall–Kier alpha value is -2.60. The van der Waals surface area contributed by atoms with Crippen LogP contribution in [0.4, 0.5) is 10.5 Å². The Labute approximate surface area is 162 Å². The maximum Gasteiger partial charge on any atom is 0.322 e. The molecule has 0 aliphatic rings. The Morgan fingerprint density at radius 2 is 2.04 bits per heavy atom. The Balaban J connectivity index is 2.14. The minimum absolute atomic E-state index is 0.147. The number of nitrogens with zero attached hydrogens (tertiary/aromatic N) is 3. The number of aromatic nitrogens is 1. The minimum atomic E-state index is -0.147. The molecule has 0 unspecified atom stereocenters. The van der Waals surface area contributed by atoms with Crippen LogP contribution in [0.25, 0.3) is 0 Å². The molecule has 2 amide bonds. The van der Waals surface area contributed by atoms with Crippen LogP contribution in [0.2, 0.25) is 0 Å². The second-order valence-corrected chi connectivity index (χ2v) is 6.86. The smallest absolute Gasteiger partial charge is 0.322 e. The van der Waals surface area contributed by atoms with Gasteiger partial charge in [-0.1, -0.05) is 19.1 Å². The number of amides is 2. The summed E-state index contributed by atoms with van der Waals surface area (Å²) in [4.78, 5) is 21.0. The fourth-order valence-corrected chi connectivity index (χ4v) is 2.54. The molecule has 0 spiro atoms. The molecule has 0 radical (unpaired) electrons. The van der Waals surface area contributed by atoms with E-state index in [1.54, 1.807) is 17.3 Å². The zero-order chi connectivity index (χ0) is 19.6. The highest BCUT2D eigenvalue weighted by molar-refractivity contribution is 5.91. The second-order valence-electron chi connectivity index (χ2n) is 6.86. The van der Waals surface area contributed by atoms with Crippen LogP contribution in [0.3, 0.4) is 0 Å². The van der Waals surface area contributed by atoms with Gasteiger partial charge in [-0.25, -0.2) is 4.79 Å². The molecule has 1 aromatic heterocycles. The molecular weight excluding hydrogens is 340 g/mol. The molecule has 1 aromatic carbocycles.